The number of amides is 1. The van der Waals surface area contributed by atoms with Crippen LogP contribution in [0.4, 0.5) is 0 Å². The van der Waals surface area contributed by atoms with E-state index in [0.717, 1.165) is 32.5 Å². The van der Waals surface area contributed by atoms with Crippen molar-refractivity contribution in [1.82, 2.24) is 10.6 Å². The van der Waals surface area contributed by atoms with Crippen LogP contribution >= 0.6 is 0 Å². The van der Waals surface area contributed by atoms with Crippen LogP contribution in [0, 0.1) is 5.92 Å². The molecular formula is C9H18N2O. The van der Waals surface area contributed by atoms with Gasteiger partial charge in [0.2, 0.25) is 5.91 Å². The molecule has 1 aliphatic rings. The van der Waals surface area contributed by atoms with E-state index in [-0.39, 0.29) is 5.91 Å². The number of rotatable bonds is 5. The Balaban J connectivity index is 1.94. The van der Waals surface area contributed by atoms with Gasteiger partial charge in [-0.05, 0) is 19.4 Å². The molecule has 1 aliphatic carbocycles. The highest BCUT2D eigenvalue weighted by Crippen LogP contribution is 2.25. The van der Waals surface area contributed by atoms with Gasteiger partial charge < -0.3 is 10.6 Å². The molecule has 2 N–H and O–H groups in total. The van der Waals surface area contributed by atoms with Gasteiger partial charge >= 0.3 is 0 Å². The van der Waals surface area contributed by atoms with Gasteiger partial charge in [-0.15, -0.1) is 0 Å². The molecule has 0 atom stereocenters. The minimum absolute atomic E-state index is 0.249. The van der Waals surface area contributed by atoms with E-state index in [4.69, 9.17) is 0 Å². The van der Waals surface area contributed by atoms with Crippen LogP contribution in [-0.4, -0.2) is 25.5 Å². The van der Waals surface area contributed by atoms with Crippen LogP contribution in [0.15, 0.2) is 0 Å². The summed E-state index contributed by atoms with van der Waals surface area (Å²) in [4.78, 5) is 11.2. The van der Waals surface area contributed by atoms with Crippen molar-refractivity contribution in [1.29, 1.82) is 0 Å². The number of nitrogens with one attached hydrogen (secondary N) is 2. The molecule has 1 saturated carbocycles. The first kappa shape index (κ1) is 9.52. The maximum absolute atomic E-state index is 11.2. The fourth-order valence-electron chi connectivity index (χ4n) is 1.27. The van der Waals surface area contributed by atoms with E-state index >= 15 is 0 Å². The summed E-state index contributed by atoms with van der Waals surface area (Å²) in [5.74, 6) is 0.575. The summed E-state index contributed by atoms with van der Waals surface area (Å²) in [6.07, 6.45) is 3.41. The van der Waals surface area contributed by atoms with Crippen LogP contribution in [0.25, 0.3) is 0 Å². The van der Waals surface area contributed by atoms with Crippen molar-refractivity contribution in [3.63, 3.8) is 0 Å². The quantitative estimate of drug-likeness (QED) is 0.590. The van der Waals surface area contributed by atoms with Crippen LogP contribution in [0.1, 0.15) is 26.2 Å². The Labute approximate surface area is 73.9 Å². The highest BCUT2D eigenvalue weighted by molar-refractivity contribution is 5.79. The second kappa shape index (κ2) is 5.14. The molecule has 3 heteroatoms. The Morgan fingerprint density at radius 2 is 2.17 bits per heavy atom. The molecule has 0 aliphatic heterocycles. The van der Waals surface area contributed by atoms with Gasteiger partial charge in [0.25, 0.3) is 0 Å². The van der Waals surface area contributed by atoms with E-state index in [2.05, 4.69) is 17.6 Å². The second-order valence-electron chi connectivity index (χ2n) is 3.27. The Bertz CT molecular complexity index is 143. The van der Waals surface area contributed by atoms with Gasteiger partial charge in [0, 0.05) is 19.0 Å². The smallest absolute Gasteiger partial charge is 0.223 e. The average Bonchev–Trinajstić information content (AvgIpc) is 1.95. The number of hydrogen-bond acceptors (Lipinski definition) is 2. The molecule has 12 heavy (non-hydrogen) atoms. The normalized spacial score (nSPS) is 17.1. The summed E-state index contributed by atoms with van der Waals surface area (Å²) in [5, 5.41) is 6.08. The number of likely N-dealkylation sites (N-methyl/N-ethyl adjacent to an activating group) is 1. The van der Waals surface area contributed by atoms with Gasteiger partial charge in [-0.3, -0.25) is 4.79 Å². The third kappa shape index (κ3) is 2.81. The van der Waals surface area contributed by atoms with E-state index in [9.17, 15) is 4.79 Å². The highest BCUT2D eigenvalue weighted by atomic mass is 16.1. The minimum Gasteiger partial charge on any atom is -0.355 e. The predicted octanol–water partition coefficient (Wildman–Crippen LogP) is 0.512. The van der Waals surface area contributed by atoms with Crippen molar-refractivity contribution in [2.24, 2.45) is 5.92 Å². The zero-order chi connectivity index (χ0) is 8.81. The summed E-state index contributed by atoms with van der Waals surface area (Å²) in [6.45, 7) is 4.69. The molecule has 3 nitrogen and oxygen atoms in total. The zero-order valence-electron chi connectivity index (χ0n) is 7.73. The average molecular weight is 170 g/mol. The Morgan fingerprint density at radius 3 is 2.67 bits per heavy atom. The lowest BCUT2D eigenvalue weighted by Gasteiger charge is -2.23. The van der Waals surface area contributed by atoms with Gasteiger partial charge in [0.15, 0.2) is 0 Å². The van der Waals surface area contributed by atoms with E-state index < -0.39 is 0 Å². The van der Waals surface area contributed by atoms with Crippen LogP contribution < -0.4 is 10.6 Å². The Morgan fingerprint density at radius 1 is 1.42 bits per heavy atom. The number of carbonyl (C=O) groups excluding carboxylic acids is 1. The largest absolute Gasteiger partial charge is 0.355 e. The summed E-state index contributed by atoms with van der Waals surface area (Å²) in [7, 11) is 0. The van der Waals surface area contributed by atoms with Gasteiger partial charge in [0.1, 0.15) is 0 Å². The van der Waals surface area contributed by atoms with Crippen molar-refractivity contribution in [2.75, 3.05) is 19.6 Å². The summed E-state index contributed by atoms with van der Waals surface area (Å²) in [6, 6.07) is 0. The predicted molar refractivity (Wildman–Crippen MR) is 48.9 cm³/mol. The summed E-state index contributed by atoms with van der Waals surface area (Å²) in [5.41, 5.74) is 0. The second-order valence-corrected chi connectivity index (χ2v) is 3.27. The first-order chi connectivity index (χ1) is 5.84. The minimum atomic E-state index is 0.249. The third-order valence-corrected chi connectivity index (χ3v) is 2.33. The Hall–Kier alpha value is -0.570. The van der Waals surface area contributed by atoms with Gasteiger partial charge in [0.05, 0.1) is 0 Å². The monoisotopic (exact) mass is 170 g/mol. The van der Waals surface area contributed by atoms with Crippen LogP contribution in [-0.2, 0) is 4.79 Å². The summed E-state index contributed by atoms with van der Waals surface area (Å²) < 4.78 is 0. The molecule has 1 fully saturated rings. The molecule has 0 heterocycles. The van der Waals surface area contributed by atoms with Crippen molar-refractivity contribution in [2.45, 2.75) is 26.2 Å². The van der Waals surface area contributed by atoms with E-state index in [1.807, 2.05) is 0 Å². The molecule has 0 bridgehead atoms. The van der Waals surface area contributed by atoms with Gasteiger partial charge in [-0.2, -0.15) is 0 Å². The molecule has 0 aromatic rings. The molecule has 70 valence electrons. The lowest BCUT2D eigenvalue weighted by Crippen LogP contribution is -2.38. The molecule has 0 saturated heterocycles. The number of hydrogen-bond donors (Lipinski definition) is 2. The van der Waals surface area contributed by atoms with Crippen LogP contribution in [0.2, 0.25) is 0 Å². The Kier molecular flexibility index (Phi) is 4.08. The van der Waals surface area contributed by atoms with Crippen molar-refractivity contribution < 1.29 is 4.79 Å². The molecule has 0 unspecified atom stereocenters. The molecule has 0 radical (unpaired) electrons. The fourth-order valence-corrected chi connectivity index (χ4v) is 1.27. The number of carbonyl (C=O) groups is 1. The van der Waals surface area contributed by atoms with Crippen LogP contribution in [0.5, 0.6) is 0 Å². The van der Waals surface area contributed by atoms with Crippen molar-refractivity contribution >= 4 is 5.91 Å². The van der Waals surface area contributed by atoms with E-state index in [0.29, 0.717) is 5.92 Å². The standard InChI is InChI=1S/C9H18N2O/c1-2-10-6-7-11-9(12)8-4-3-5-8/h8,10H,2-7H2,1H3,(H,11,12). The topological polar surface area (TPSA) is 41.1 Å². The first-order valence-corrected chi connectivity index (χ1v) is 4.83. The molecule has 1 amide bonds. The fraction of sp³-hybridized carbons (Fsp3) is 0.889. The van der Waals surface area contributed by atoms with Crippen molar-refractivity contribution in [3.8, 4) is 0 Å². The highest BCUT2D eigenvalue weighted by Gasteiger charge is 2.24. The summed E-state index contributed by atoms with van der Waals surface area (Å²) >= 11 is 0. The van der Waals surface area contributed by atoms with Gasteiger partial charge in [-0.1, -0.05) is 13.3 Å². The van der Waals surface area contributed by atoms with E-state index in [1.54, 1.807) is 0 Å². The van der Waals surface area contributed by atoms with Crippen LogP contribution in [0.3, 0.4) is 0 Å². The lowest BCUT2D eigenvalue weighted by atomic mass is 9.85. The first-order valence-electron chi connectivity index (χ1n) is 4.83. The molecular weight excluding hydrogens is 152 g/mol. The lowest BCUT2D eigenvalue weighted by molar-refractivity contribution is -0.127. The SMILES string of the molecule is CCNCCNC(=O)C1CCC1. The molecule has 0 spiro atoms. The maximum Gasteiger partial charge on any atom is 0.223 e. The molecule has 1 rings (SSSR count). The van der Waals surface area contributed by atoms with Gasteiger partial charge in [-0.25, -0.2) is 0 Å². The maximum atomic E-state index is 11.2. The van der Waals surface area contributed by atoms with E-state index in [1.165, 1.54) is 6.42 Å². The molecule has 0 aromatic heterocycles. The molecule has 0 aromatic carbocycles. The third-order valence-electron chi connectivity index (χ3n) is 2.33. The van der Waals surface area contributed by atoms with Crippen molar-refractivity contribution in [3.05, 3.63) is 0 Å². The zero-order valence-corrected chi connectivity index (χ0v) is 7.73.